The Hall–Kier alpha value is -2.17. The molecule has 0 radical (unpaired) electrons. The third kappa shape index (κ3) is 3.71. The van der Waals surface area contributed by atoms with Crippen LogP contribution in [0.1, 0.15) is 23.7 Å². The summed E-state index contributed by atoms with van der Waals surface area (Å²) in [4.78, 5) is 21.5. The lowest BCUT2D eigenvalue weighted by atomic mass is 10.2. The molecule has 0 spiro atoms. The van der Waals surface area contributed by atoms with Crippen molar-refractivity contribution in [2.75, 3.05) is 0 Å². The molecule has 17 heavy (non-hydrogen) atoms. The first-order valence-electron chi connectivity index (χ1n) is 5.11. The van der Waals surface area contributed by atoms with E-state index >= 15 is 0 Å². The van der Waals surface area contributed by atoms with Gasteiger partial charge in [0, 0.05) is 18.6 Å². The lowest BCUT2D eigenvalue weighted by molar-refractivity contribution is -0.384. The fraction of sp³-hybridized carbons (Fsp3) is 0.250. The molecule has 0 fully saturated rings. The number of hydrogen-bond donors (Lipinski definition) is 0. The molecule has 1 atom stereocenters. The van der Waals surface area contributed by atoms with E-state index in [0.29, 0.717) is 12.0 Å². The third-order valence-corrected chi connectivity index (χ3v) is 2.12. The van der Waals surface area contributed by atoms with E-state index in [1.165, 1.54) is 24.3 Å². The van der Waals surface area contributed by atoms with Crippen LogP contribution in [0.2, 0.25) is 0 Å². The zero-order valence-corrected chi connectivity index (χ0v) is 9.46. The van der Waals surface area contributed by atoms with Crippen LogP contribution >= 0.6 is 0 Å². The minimum Gasteiger partial charge on any atom is -0.459 e. The van der Waals surface area contributed by atoms with Crippen molar-refractivity contribution in [1.82, 2.24) is 0 Å². The summed E-state index contributed by atoms with van der Waals surface area (Å²) in [6, 6.07) is 5.30. The van der Waals surface area contributed by atoms with Gasteiger partial charge in [0.05, 0.1) is 10.5 Å². The molecule has 90 valence electrons. The van der Waals surface area contributed by atoms with Gasteiger partial charge in [0.2, 0.25) is 0 Å². The van der Waals surface area contributed by atoms with Crippen LogP contribution in [0.5, 0.6) is 0 Å². The van der Waals surface area contributed by atoms with E-state index in [9.17, 15) is 14.9 Å². The van der Waals surface area contributed by atoms with Crippen LogP contribution in [-0.2, 0) is 4.74 Å². The topological polar surface area (TPSA) is 69.4 Å². The average Bonchev–Trinajstić information content (AvgIpc) is 2.29. The molecule has 0 saturated heterocycles. The summed E-state index contributed by atoms with van der Waals surface area (Å²) in [7, 11) is 0. The maximum Gasteiger partial charge on any atom is 0.338 e. The highest BCUT2D eigenvalue weighted by Crippen LogP contribution is 2.13. The maximum atomic E-state index is 11.6. The van der Waals surface area contributed by atoms with Crippen molar-refractivity contribution in [3.63, 3.8) is 0 Å². The Kier molecular flexibility index (Phi) is 4.39. The van der Waals surface area contributed by atoms with Crippen LogP contribution in [0.25, 0.3) is 0 Å². The van der Waals surface area contributed by atoms with E-state index in [0.717, 1.165) is 0 Å². The van der Waals surface area contributed by atoms with Gasteiger partial charge in [-0.1, -0.05) is 6.08 Å². The summed E-state index contributed by atoms with van der Waals surface area (Å²) in [5, 5.41) is 10.4. The van der Waals surface area contributed by atoms with E-state index in [1.807, 2.05) is 0 Å². The van der Waals surface area contributed by atoms with E-state index < -0.39 is 10.9 Å². The normalized spacial score (nSPS) is 11.6. The summed E-state index contributed by atoms with van der Waals surface area (Å²) in [5.41, 5.74) is 0.243. The number of nitro benzene ring substituents is 1. The number of nitrogens with zero attached hydrogens (tertiary/aromatic N) is 1. The quantitative estimate of drug-likeness (QED) is 0.340. The van der Waals surface area contributed by atoms with E-state index in [1.54, 1.807) is 13.0 Å². The molecule has 0 amide bonds. The second-order valence-electron chi connectivity index (χ2n) is 3.54. The lowest BCUT2D eigenvalue weighted by Gasteiger charge is -2.10. The van der Waals surface area contributed by atoms with Gasteiger partial charge in [-0.2, -0.15) is 0 Å². The number of esters is 1. The molecular weight excluding hydrogens is 222 g/mol. The fourth-order valence-electron chi connectivity index (χ4n) is 1.25. The van der Waals surface area contributed by atoms with Gasteiger partial charge in [-0.15, -0.1) is 6.58 Å². The zero-order chi connectivity index (χ0) is 12.8. The van der Waals surface area contributed by atoms with Gasteiger partial charge < -0.3 is 4.74 Å². The second-order valence-corrected chi connectivity index (χ2v) is 3.54. The molecule has 5 heteroatoms. The number of nitro groups is 1. The maximum absolute atomic E-state index is 11.6. The minimum absolute atomic E-state index is 0.0549. The number of ether oxygens (including phenoxy) is 1. The molecule has 0 heterocycles. The summed E-state index contributed by atoms with van der Waals surface area (Å²) in [5.74, 6) is -0.491. The Morgan fingerprint density at radius 3 is 2.59 bits per heavy atom. The van der Waals surface area contributed by atoms with Crippen molar-refractivity contribution in [1.29, 1.82) is 0 Å². The minimum atomic E-state index is -0.518. The van der Waals surface area contributed by atoms with Crippen molar-refractivity contribution in [3.8, 4) is 0 Å². The van der Waals surface area contributed by atoms with E-state index in [2.05, 4.69) is 6.58 Å². The number of rotatable bonds is 5. The van der Waals surface area contributed by atoms with Crippen LogP contribution in [0.4, 0.5) is 5.69 Å². The molecule has 1 aromatic carbocycles. The average molecular weight is 235 g/mol. The molecule has 0 aromatic heterocycles. The monoisotopic (exact) mass is 235 g/mol. The summed E-state index contributed by atoms with van der Waals surface area (Å²) < 4.78 is 5.10. The Morgan fingerprint density at radius 2 is 2.12 bits per heavy atom. The van der Waals surface area contributed by atoms with Crippen molar-refractivity contribution < 1.29 is 14.5 Å². The van der Waals surface area contributed by atoms with Crippen molar-refractivity contribution >= 4 is 11.7 Å². The number of hydrogen-bond acceptors (Lipinski definition) is 4. The molecule has 5 nitrogen and oxygen atoms in total. The first kappa shape index (κ1) is 12.9. The third-order valence-electron chi connectivity index (χ3n) is 2.12. The Bertz CT molecular complexity index is 425. The molecule has 0 aliphatic heterocycles. The van der Waals surface area contributed by atoms with Crippen molar-refractivity contribution in [3.05, 3.63) is 52.6 Å². The van der Waals surface area contributed by atoms with Crippen LogP contribution in [0.15, 0.2) is 36.9 Å². The standard InChI is InChI=1S/C12H13NO4/c1-3-4-9(2)17-12(14)10-5-7-11(8-6-10)13(15)16/h3,5-9H,1,4H2,2H3/t9-/m1/s1. The number of benzene rings is 1. The molecule has 0 aliphatic rings. The van der Waals surface area contributed by atoms with Crippen LogP contribution in [0.3, 0.4) is 0 Å². The Labute approximate surface area is 98.9 Å². The second kappa shape index (κ2) is 5.79. The van der Waals surface area contributed by atoms with Crippen molar-refractivity contribution in [2.24, 2.45) is 0 Å². The van der Waals surface area contributed by atoms with E-state index in [-0.39, 0.29) is 11.8 Å². The predicted octanol–water partition coefficient (Wildman–Crippen LogP) is 2.72. The van der Waals surface area contributed by atoms with Crippen LogP contribution in [0, 0.1) is 10.1 Å². The molecule has 0 aliphatic carbocycles. The molecule has 1 aromatic rings. The first-order valence-corrected chi connectivity index (χ1v) is 5.11. The predicted molar refractivity (Wildman–Crippen MR) is 62.8 cm³/mol. The van der Waals surface area contributed by atoms with Gasteiger partial charge in [0.1, 0.15) is 6.10 Å². The van der Waals surface area contributed by atoms with Gasteiger partial charge in [-0.05, 0) is 19.1 Å². The smallest absolute Gasteiger partial charge is 0.338 e. The SMILES string of the molecule is C=CC[C@@H](C)OC(=O)c1ccc([N+](=O)[O-])cc1. The zero-order valence-electron chi connectivity index (χ0n) is 9.46. The number of carbonyl (C=O) groups excluding carboxylic acids is 1. The van der Waals surface area contributed by atoms with Gasteiger partial charge in [-0.25, -0.2) is 4.79 Å². The fourth-order valence-corrected chi connectivity index (χ4v) is 1.25. The van der Waals surface area contributed by atoms with Gasteiger partial charge in [-0.3, -0.25) is 10.1 Å². The summed E-state index contributed by atoms with van der Waals surface area (Å²) >= 11 is 0. The number of carbonyl (C=O) groups is 1. The molecule has 0 unspecified atom stereocenters. The number of non-ortho nitro benzene ring substituents is 1. The Balaban J connectivity index is 2.69. The molecule has 1 rings (SSSR count). The Morgan fingerprint density at radius 1 is 1.53 bits per heavy atom. The molecule has 0 bridgehead atoms. The van der Waals surface area contributed by atoms with Crippen LogP contribution < -0.4 is 0 Å². The summed E-state index contributed by atoms with van der Waals surface area (Å²) in [6.45, 7) is 5.30. The summed E-state index contributed by atoms with van der Waals surface area (Å²) in [6.07, 6.45) is 1.97. The van der Waals surface area contributed by atoms with Gasteiger partial charge >= 0.3 is 5.97 Å². The molecule has 0 N–H and O–H groups in total. The largest absolute Gasteiger partial charge is 0.459 e. The molecular formula is C12H13NO4. The van der Waals surface area contributed by atoms with Gasteiger partial charge in [0.15, 0.2) is 0 Å². The van der Waals surface area contributed by atoms with E-state index in [4.69, 9.17) is 4.74 Å². The van der Waals surface area contributed by atoms with Crippen LogP contribution in [-0.4, -0.2) is 17.0 Å². The highest BCUT2D eigenvalue weighted by Gasteiger charge is 2.12. The highest BCUT2D eigenvalue weighted by atomic mass is 16.6. The highest BCUT2D eigenvalue weighted by molar-refractivity contribution is 5.89. The first-order chi connectivity index (χ1) is 8.04. The lowest BCUT2D eigenvalue weighted by Crippen LogP contribution is -2.14. The molecule has 0 saturated carbocycles. The van der Waals surface area contributed by atoms with Gasteiger partial charge in [0.25, 0.3) is 5.69 Å². The van der Waals surface area contributed by atoms with Crippen molar-refractivity contribution in [2.45, 2.75) is 19.4 Å².